The molecule has 1 aromatic rings. The third-order valence-electron chi connectivity index (χ3n) is 2.92. The standard InChI is InChI=1S/C14H24N2O/c1-10-8-12(9-11(2)13(10)17-5)16-14(3,4)6-7-15/h8-9,16H,6-7,15H2,1-5H3. The summed E-state index contributed by atoms with van der Waals surface area (Å²) in [5.74, 6) is 0.965. The third kappa shape index (κ3) is 3.63. The lowest BCUT2D eigenvalue weighted by molar-refractivity contribution is 0.408. The molecule has 3 nitrogen and oxygen atoms in total. The molecule has 0 radical (unpaired) electrons. The van der Waals surface area contributed by atoms with E-state index in [0.717, 1.165) is 29.0 Å². The second kappa shape index (κ2) is 5.41. The van der Waals surface area contributed by atoms with Gasteiger partial charge in [-0.25, -0.2) is 0 Å². The first-order chi connectivity index (χ1) is 7.89. The van der Waals surface area contributed by atoms with E-state index >= 15 is 0 Å². The van der Waals surface area contributed by atoms with Crippen LogP contribution in [0.1, 0.15) is 31.4 Å². The highest BCUT2D eigenvalue weighted by atomic mass is 16.5. The average molecular weight is 236 g/mol. The van der Waals surface area contributed by atoms with Crippen LogP contribution >= 0.6 is 0 Å². The fourth-order valence-electron chi connectivity index (χ4n) is 2.16. The van der Waals surface area contributed by atoms with Crippen molar-refractivity contribution in [2.75, 3.05) is 19.0 Å². The summed E-state index contributed by atoms with van der Waals surface area (Å²) < 4.78 is 5.36. The maximum Gasteiger partial charge on any atom is 0.124 e. The summed E-state index contributed by atoms with van der Waals surface area (Å²) >= 11 is 0. The van der Waals surface area contributed by atoms with Gasteiger partial charge in [0.1, 0.15) is 5.75 Å². The maximum atomic E-state index is 5.61. The van der Waals surface area contributed by atoms with E-state index in [0.29, 0.717) is 6.54 Å². The normalized spacial score (nSPS) is 11.4. The minimum Gasteiger partial charge on any atom is -0.496 e. The van der Waals surface area contributed by atoms with Crippen molar-refractivity contribution in [3.05, 3.63) is 23.3 Å². The van der Waals surface area contributed by atoms with Crippen molar-refractivity contribution in [3.63, 3.8) is 0 Å². The minimum absolute atomic E-state index is 0.0161. The Kier molecular flexibility index (Phi) is 4.40. The first-order valence-electron chi connectivity index (χ1n) is 6.03. The number of benzene rings is 1. The van der Waals surface area contributed by atoms with Gasteiger partial charge < -0.3 is 15.8 Å². The van der Waals surface area contributed by atoms with Gasteiger partial charge in [0.2, 0.25) is 0 Å². The van der Waals surface area contributed by atoms with E-state index in [1.54, 1.807) is 7.11 Å². The molecule has 1 aromatic carbocycles. The second-order valence-corrected chi connectivity index (χ2v) is 5.19. The highest BCUT2D eigenvalue weighted by Gasteiger charge is 2.17. The predicted octanol–water partition coefficient (Wildman–Crippen LogP) is 2.85. The van der Waals surface area contributed by atoms with Gasteiger partial charge in [-0.1, -0.05) is 0 Å². The molecular weight excluding hydrogens is 212 g/mol. The molecule has 0 fully saturated rings. The molecule has 1 rings (SSSR count). The van der Waals surface area contributed by atoms with Gasteiger partial charge in [0.15, 0.2) is 0 Å². The fraction of sp³-hybridized carbons (Fsp3) is 0.571. The molecule has 0 saturated carbocycles. The van der Waals surface area contributed by atoms with E-state index in [9.17, 15) is 0 Å². The zero-order valence-electron chi connectivity index (χ0n) is 11.6. The molecule has 0 unspecified atom stereocenters. The number of hydrogen-bond acceptors (Lipinski definition) is 3. The van der Waals surface area contributed by atoms with Crippen molar-refractivity contribution in [2.45, 2.75) is 39.7 Å². The Morgan fingerprint density at radius 1 is 1.24 bits per heavy atom. The molecule has 0 amide bonds. The van der Waals surface area contributed by atoms with Crippen LogP contribution in [0.5, 0.6) is 5.75 Å². The van der Waals surface area contributed by atoms with Crippen molar-refractivity contribution < 1.29 is 4.74 Å². The Bertz CT molecular complexity index is 363. The van der Waals surface area contributed by atoms with Crippen LogP contribution in [-0.4, -0.2) is 19.2 Å². The first-order valence-corrected chi connectivity index (χ1v) is 6.03. The Morgan fingerprint density at radius 2 is 1.76 bits per heavy atom. The molecule has 0 aromatic heterocycles. The van der Waals surface area contributed by atoms with Crippen LogP contribution < -0.4 is 15.8 Å². The van der Waals surface area contributed by atoms with Gasteiger partial charge in [0.25, 0.3) is 0 Å². The summed E-state index contributed by atoms with van der Waals surface area (Å²) in [5, 5.41) is 3.52. The van der Waals surface area contributed by atoms with E-state index in [1.807, 2.05) is 0 Å². The summed E-state index contributed by atoms with van der Waals surface area (Å²) in [4.78, 5) is 0. The van der Waals surface area contributed by atoms with Crippen LogP contribution in [0.2, 0.25) is 0 Å². The summed E-state index contributed by atoms with van der Waals surface area (Å²) in [6.45, 7) is 9.14. The fourth-order valence-corrected chi connectivity index (χ4v) is 2.16. The van der Waals surface area contributed by atoms with Crippen molar-refractivity contribution in [3.8, 4) is 5.75 Å². The molecule has 0 heterocycles. The second-order valence-electron chi connectivity index (χ2n) is 5.19. The van der Waals surface area contributed by atoms with Crippen LogP contribution in [-0.2, 0) is 0 Å². The predicted molar refractivity (Wildman–Crippen MR) is 73.8 cm³/mol. The number of rotatable bonds is 5. The van der Waals surface area contributed by atoms with Crippen LogP contribution in [0.4, 0.5) is 5.69 Å². The van der Waals surface area contributed by atoms with Gasteiger partial charge in [0.05, 0.1) is 7.11 Å². The minimum atomic E-state index is 0.0161. The summed E-state index contributed by atoms with van der Waals surface area (Å²) in [5.41, 5.74) is 9.06. The molecule has 17 heavy (non-hydrogen) atoms. The Hall–Kier alpha value is -1.22. The number of hydrogen-bond donors (Lipinski definition) is 2. The molecule has 0 bridgehead atoms. The summed E-state index contributed by atoms with van der Waals surface area (Å²) in [6.07, 6.45) is 0.942. The lowest BCUT2D eigenvalue weighted by atomic mass is 9.99. The van der Waals surface area contributed by atoms with Crippen molar-refractivity contribution in [2.24, 2.45) is 5.73 Å². The quantitative estimate of drug-likeness (QED) is 0.826. The molecule has 3 N–H and O–H groups in total. The molecule has 0 aliphatic heterocycles. The molecule has 0 aliphatic rings. The Morgan fingerprint density at radius 3 is 2.18 bits per heavy atom. The van der Waals surface area contributed by atoms with Crippen molar-refractivity contribution in [1.29, 1.82) is 0 Å². The van der Waals surface area contributed by atoms with Crippen LogP contribution in [0.3, 0.4) is 0 Å². The monoisotopic (exact) mass is 236 g/mol. The van der Waals surface area contributed by atoms with E-state index in [2.05, 4.69) is 45.1 Å². The molecule has 0 saturated heterocycles. The maximum absolute atomic E-state index is 5.61. The number of anilines is 1. The smallest absolute Gasteiger partial charge is 0.124 e. The molecule has 0 atom stereocenters. The van der Waals surface area contributed by atoms with Crippen LogP contribution in [0.25, 0.3) is 0 Å². The largest absolute Gasteiger partial charge is 0.496 e. The Balaban J connectivity index is 2.94. The van der Waals surface area contributed by atoms with Crippen molar-refractivity contribution in [1.82, 2.24) is 0 Å². The van der Waals surface area contributed by atoms with Crippen LogP contribution in [0.15, 0.2) is 12.1 Å². The number of nitrogens with two attached hydrogens (primary N) is 1. The van der Waals surface area contributed by atoms with Gasteiger partial charge in [-0.05, 0) is 63.9 Å². The van der Waals surface area contributed by atoms with Crippen molar-refractivity contribution >= 4 is 5.69 Å². The first kappa shape index (κ1) is 13.8. The lowest BCUT2D eigenvalue weighted by Gasteiger charge is -2.27. The van der Waals surface area contributed by atoms with Gasteiger partial charge in [-0.15, -0.1) is 0 Å². The van der Waals surface area contributed by atoms with E-state index in [-0.39, 0.29) is 5.54 Å². The third-order valence-corrected chi connectivity index (χ3v) is 2.92. The molecule has 0 spiro atoms. The SMILES string of the molecule is COc1c(C)cc(NC(C)(C)CCN)cc1C. The van der Waals surface area contributed by atoms with E-state index in [4.69, 9.17) is 10.5 Å². The van der Waals surface area contributed by atoms with Gasteiger partial charge in [-0.3, -0.25) is 0 Å². The molecule has 3 heteroatoms. The topological polar surface area (TPSA) is 47.3 Å². The molecule has 0 aliphatic carbocycles. The summed E-state index contributed by atoms with van der Waals surface area (Å²) in [6, 6.07) is 4.23. The molecule has 96 valence electrons. The van der Waals surface area contributed by atoms with Crippen LogP contribution in [0, 0.1) is 13.8 Å². The highest BCUT2D eigenvalue weighted by Crippen LogP contribution is 2.28. The van der Waals surface area contributed by atoms with E-state index < -0.39 is 0 Å². The zero-order valence-corrected chi connectivity index (χ0v) is 11.6. The highest BCUT2D eigenvalue weighted by molar-refractivity contribution is 5.56. The van der Waals surface area contributed by atoms with Gasteiger partial charge in [-0.2, -0.15) is 0 Å². The number of methoxy groups -OCH3 is 1. The summed E-state index contributed by atoms with van der Waals surface area (Å²) in [7, 11) is 1.71. The number of aryl methyl sites for hydroxylation is 2. The Labute approximate surface area is 104 Å². The van der Waals surface area contributed by atoms with E-state index in [1.165, 1.54) is 0 Å². The van der Waals surface area contributed by atoms with Gasteiger partial charge in [0, 0.05) is 11.2 Å². The zero-order chi connectivity index (χ0) is 13.1. The average Bonchev–Trinajstić information content (AvgIpc) is 2.15. The molecular formula is C14H24N2O. The lowest BCUT2D eigenvalue weighted by Crippen LogP contribution is -2.33. The number of nitrogens with one attached hydrogen (secondary N) is 1. The number of ether oxygens (including phenoxy) is 1. The van der Waals surface area contributed by atoms with Gasteiger partial charge >= 0.3 is 0 Å².